The van der Waals surface area contributed by atoms with Gasteiger partial charge in [0.15, 0.2) is 0 Å². The number of rotatable bonds is 1. The highest BCUT2D eigenvalue weighted by molar-refractivity contribution is 6.29. The van der Waals surface area contributed by atoms with Crippen LogP contribution in [0.5, 0.6) is 0 Å². The molecule has 0 atom stereocenters. The lowest BCUT2D eigenvalue weighted by Gasteiger charge is -2.32. The van der Waals surface area contributed by atoms with Gasteiger partial charge < -0.3 is 5.73 Å². The molecule has 1 aliphatic rings. The van der Waals surface area contributed by atoms with E-state index in [4.69, 9.17) is 17.3 Å². The van der Waals surface area contributed by atoms with E-state index in [0.717, 1.165) is 12.8 Å². The van der Waals surface area contributed by atoms with Gasteiger partial charge >= 0.3 is 0 Å². The van der Waals surface area contributed by atoms with Gasteiger partial charge in [-0.1, -0.05) is 11.6 Å². The third-order valence-electron chi connectivity index (χ3n) is 2.40. The van der Waals surface area contributed by atoms with Crippen molar-refractivity contribution in [2.24, 2.45) is 5.73 Å². The molecule has 0 aromatic carbocycles. The summed E-state index contributed by atoms with van der Waals surface area (Å²) in [6.45, 7) is 0. The van der Waals surface area contributed by atoms with E-state index in [1.54, 1.807) is 6.20 Å². The van der Waals surface area contributed by atoms with Crippen LogP contribution in [0.25, 0.3) is 0 Å². The van der Waals surface area contributed by atoms with Crippen LogP contribution in [-0.4, -0.2) is 11.0 Å². The van der Waals surface area contributed by atoms with Crippen molar-refractivity contribution in [3.05, 3.63) is 29.0 Å². The molecule has 0 amide bonds. The van der Waals surface area contributed by atoms with Gasteiger partial charge in [-0.15, -0.1) is 0 Å². The second-order valence-corrected chi connectivity index (χ2v) is 3.73. The number of halogens is 1. The molecule has 0 spiro atoms. The molecule has 2 N–H and O–H groups in total. The first kappa shape index (κ1) is 8.02. The van der Waals surface area contributed by atoms with Crippen molar-refractivity contribution in [2.45, 2.75) is 24.8 Å². The fourth-order valence-electron chi connectivity index (χ4n) is 1.61. The molecule has 64 valence electrons. The highest BCUT2D eigenvalue weighted by atomic mass is 35.5. The minimum absolute atomic E-state index is 0.391. The van der Waals surface area contributed by atoms with Crippen LogP contribution < -0.4 is 5.73 Å². The molecule has 2 rings (SSSR count). The summed E-state index contributed by atoms with van der Waals surface area (Å²) in [5, 5.41) is 0.577. The van der Waals surface area contributed by atoms with Crippen molar-refractivity contribution < 1.29 is 0 Å². The zero-order chi connectivity index (χ0) is 8.55. The summed E-state index contributed by atoms with van der Waals surface area (Å²) in [5.74, 6) is 0.612. The van der Waals surface area contributed by atoms with Crippen molar-refractivity contribution in [1.29, 1.82) is 0 Å². The van der Waals surface area contributed by atoms with Crippen molar-refractivity contribution in [3.63, 3.8) is 0 Å². The Morgan fingerprint density at radius 2 is 2.25 bits per heavy atom. The molecule has 2 nitrogen and oxygen atoms in total. The smallest absolute Gasteiger partial charge is 0.129 e. The van der Waals surface area contributed by atoms with Gasteiger partial charge in [0.2, 0.25) is 0 Å². The Morgan fingerprint density at radius 3 is 2.83 bits per heavy atom. The normalized spacial score (nSPS) is 28.2. The van der Waals surface area contributed by atoms with Crippen LogP contribution in [0.1, 0.15) is 24.3 Å². The molecule has 1 aromatic heterocycles. The van der Waals surface area contributed by atoms with Crippen molar-refractivity contribution in [3.8, 4) is 0 Å². The van der Waals surface area contributed by atoms with E-state index in [2.05, 4.69) is 4.98 Å². The van der Waals surface area contributed by atoms with Crippen LogP contribution in [0, 0.1) is 0 Å². The zero-order valence-corrected chi connectivity index (χ0v) is 7.46. The summed E-state index contributed by atoms with van der Waals surface area (Å²) in [4.78, 5) is 3.93. The number of aromatic nitrogens is 1. The van der Waals surface area contributed by atoms with Gasteiger partial charge in [0.25, 0.3) is 0 Å². The number of hydrogen-bond acceptors (Lipinski definition) is 2. The largest absolute Gasteiger partial charge is 0.328 e. The summed E-state index contributed by atoms with van der Waals surface area (Å²) < 4.78 is 0. The van der Waals surface area contributed by atoms with Crippen LogP contribution in [0.3, 0.4) is 0 Å². The van der Waals surface area contributed by atoms with Crippen LogP contribution in [0.2, 0.25) is 5.15 Å². The number of pyridine rings is 1. The first-order valence-electron chi connectivity index (χ1n) is 4.13. The summed E-state index contributed by atoms with van der Waals surface area (Å²) in [6.07, 6.45) is 3.92. The molecule has 3 heteroatoms. The Kier molecular flexibility index (Phi) is 2.03. The minimum atomic E-state index is 0.391. The molecule has 1 aromatic rings. The maximum Gasteiger partial charge on any atom is 0.129 e. The molecule has 0 saturated heterocycles. The van der Waals surface area contributed by atoms with E-state index in [0.29, 0.717) is 17.1 Å². The lowest BCUT2D eigenvalue weighted by atomic mass is 9.77. The average molecular weight is 183 g/mol. The first-order valence-corrected chi connectivity index (χ1v) is 4.50. The van der Waals surface area contributed by atoms with Crippen LogP contribution in [0.4, 0.5) is 0 Å². The van der Waals surface area contributed by atoms with E-state index in [9.17, 15) is 0 Å². The Balaban J connectivity index is 2.13. The number of nitrogens with two attached hydrogens (primary N) is 1. The highest BCUT2D eigenvalue weighted by Gasteiger charge is 2.27. The molecule has 0 bridgehead atoms. The molecule has 1 heterocycles. The van der Waals surface area contributed by atoms with Gasteiger partial charge in [-0.2, -0.15) is 0 Å². The predicted molar refractivity (Wildman–Crippen MR) is 49.2 cm³/mol. The Hall–Kier alpha value is -0.600. The van der Waals surface area contributed by atoms with E-state index in [1.807, 2.05) is 12.1 Å². The van der Waals surface area contributed by atoms with Gasteiger partial charge in [-0.3, -0.25) is 0 Å². The first-order chi connectivity index (χ1) is 5.75. The third-order valence-corrected chi connectivity index (χ3v) is 2.60. The van der Waals surface area contributed by atoms with Crippen molar-refractivity contribution in [1.82, 2.24) is 4.98 Å². The van der Waals surface area contributed by atoms with Gasteiger partial charge in [0, 0.05) is 12.2 Å². The summed E-state index contributed by atoms with van der Waals surface area (Å²) in [6, 6.07) is 4.34. The quantitative estimate of drug-likeness (QED) is 0.675. The number of nitrogens with zero attached hydrogens (tertiary/aromatic N) is 1. The second kappa shape index (κ2) is 3.04. The van der Waals surface area contributed by atoms with E-state index in [1.165, 1.54) is 5.56 Å². The van der Waals surface area contributed by atoms with Gasteiger partial charge in [-0.05, 0) is 36.5 Å². The predicted octanol–water partition coefficient (Wildman–Crippen LogP) is 1.94. The van der Waals surface area contributed by atoms with Gasteiger partial charge in [-0.25, -0.2) is 4.98 Å². The van der Waals surface area contributed by atoms with Crippen molar-refractivity contribution >= 4 is 11.6 Å². The number of hydrogen-bond donors (Lipinski definition) is 1. The molecule has 0 radical (unpaired) electrons. The Bertz CT molecular complexity index is 282. The van der Waals surface area contributed by atoms with Crippen LogP contribution >= 0.6 is 11.6 Å². The summed E-state index contributed by atoms with van der Waals surface area (Å²) in [5.41, 5.74) is 6.97. The average Bonchev–Trinajstić information content (AvgIpc) is 1.99. The van der Waals surface area contributed by atoms with E-state index >= 15 is 0 Å². The Labute approximate surface area is 76.7 Å². The van der Waals surface area contributed by atoms with Crippen LogP contribution in [-0.2, 0) is 0 Å². The molecule has 0 unspecified atom stereocenters. The molecule has 0 aliphatic heterocycles. The Morgan fingerprint density at radius 1 is 1.50 bits per heavy atom. The van der Waals surface area contributed by atoms with Crippen molar-refractivity contribution in [2.75, 3.05) is 0 Å². The monoisotopic (exact) mass is 182 g/mol. The minimum Gasteiger partial charge on any atom is -0.328 e. The maximum absolute atomic E-state index is 5.76. The lowest BCUT2D eigenvalue weighted by molar-refractivity contribution is 0.351. The molecule has 1 saturated carbocycles. The highest BCUT2D eigenvalue weighted by Crippen LogP contribution is 2.35. The molecule has 1 aliphatic carbocycles. The zero-order valence-electron chi connectivity index (χ0n) is 6.70. The lowest BCUT2D eigenvalue weighted by Crippen LogP contribution is -2.34. The summed E-state index contributed by atoms with van der Waals surface area (Å²) in [7, 11) is 0. The van der Waals surface area contributed by atoms with Gasteiger partial charge in [0.05, 0.1) is 0 Å². The van der Waals surface area contributed by atoms with Crippen LogP contribution in [0.15, 0.2) is 18.3 Å². The standard InChI is InChI=1S/C9H11ClN2/c10-9-5-6(1-2-12-9)7-3-8(11)4-7/h1-2,5,7-8H,3-4,11H2. The summed E-state index contributed by atoms with van der Waals surface area (Å²) >= 11 is 5.76. The molecular weight excluding hydrogens is 172 g/mol. The second-order valence-electron chi connectivity index (χ2n) is 3.34. The van der Waals surface area contributed by atoms with E-state index in [-0.39, 0.29) is 0 Å². The maximum atomic E-state index is 5.76. The van der Waals surface area contributed by atoms with Gasteiger partial charge in [0.1, 0.15) is 5.15 Å². The molecular formula is C9H11ClN2. The topological polar surface area (TPSA) is 38.9 Å². The fourth-order valence-corrected chi connectivity index (χ4v) is 1.79. The molecule has 1 fully saturated rings. The SMILES string of the molecule is NC1CC(c2ccnc(Cl)c2)C1. The fraction of sp³-hybridized carbons (Fsp3) is 0.444. The van der Waals surface area contributed by atoms with E-state index < -0.39 is 0 Å². The third kappa shape index (κ3) is 1.45. The molecule has 12 heavy (non-hydrogen) atoms.